The monoisotopic (exact) mass is 241 g/mol. The third kappa shape index (κ3) is 3.35. The number of aromatic hydroxyl groups is 1. The summed E-state index contributed by atoms with van der Waals surface area (Å²) < 4.78 is 0. The van der Waals surface area contributed by atoms with Crippen molar-refractivity contribution in [3.05, 3.63) is 59.7 Å². The van der Waals surface area contributed by atoms with Crippen molar-refractivity contribution in [1.82, 2.24) is 0 Å². The van der Waals surface area contributed by atoms with Crippen molar-refractivity contribution in [1.29, 1.82) is 0 Å². The van der Waals surface area contributed by atoms with Crippen LogP contribution >= 0.6 is 0 Å². The molecule has 0 aliphatic carbocycles. The van der Waals surface area contributed by atoms with Gasteiger partial charge in [-0.1, -0.05) is 29.8 Å². The molecule has 0 bridgehead atoms. The third-order valence-corrected chi connectivity index (χ3v) is 2.64. The second-order valence-corrected chi connectivity index (χ2v) is 4.26. The van der Waals surface area contributed by atoms with E-state index in [4.69, 9.17) is 5.11 Å². The fourth-order valence-corrected chi connectivity index (χ4v) is 1.64. The SMILES string of the molecule is Cc1ccc(NC(=O)Cc2ccc(O)cc2)cc1. The predicted octanol–water partition coefficient (Wildman–Crippen LogP) is 2.88. The Balaban J connectivity index is 1.96. The maximum Gasteiger partial charge on any atom is 0.228 e. The maximum atomic E-state index is 11.8. The second kappa shape index (κ2) is 5.36. The van der Waals surface area contributed by atoms with Crippen LogP contribution in [0.4, 0.5) is 5.69 Å². The lowest BCUT2D eigenvalue weighted by molar-refractivity contribution is -0.115. The molecule has 18 heavy (non-hydrogen) atoms. The molecule has 92 valence electrons. The molecule has 0 aliphatic rings. The number of phenolic OH excluding ortho intramolecular Hbond substituents is 1. The number of amides is 1. The van der Waals surface area contributed by atoms with Gasteiger partial charge in [-0.2, -0.15) is 0 Å². The molecule has 2 N–H and O–H groups in total. The minimum Gasteiger partial charge on any atom is -0.508 e. The molecule has 0 fully saturated rings. The Kier molecular flexibility index (Phi) is 3.63. The van der Waals surface area contributed by atoms with Gasteiger partial charge in [0.2, 0.25) is 5.91 Å². The Morgan fingerprint density at radius 2 is 1.67 bits per heavy atom. The Morgan fingerprint density at radius 3 is 2.28 bits per heavy atom. The van der Waals surface area contributed by atoms with Crippen LogP contribution in [0.25, 0.3) is 0 Å². The van der Waals surface area contributed by atoms with Crippen LogP contribution < -0.4 is 5.32 Å². The van der Waals surface area contributed by atoms with E-state index in [2.05, 4.69) is 5.32 Å². The predicted molar refractivity (Wildman–Crippen MR) is 71.6 cm³/mol. The molecule has 0 heterocycles. The van der Waals surface area contributed by atoms with Crippen LogP contribution in [0.5, 0.6) is 5.75 Å². The van der Waals surface area contributed by atoms with Crippen LogP contribution in [0.2, 0.25) is 0 Å². The standard InChI is InChI=1S/C15H15NO2/c1-11-2-6-13(7-3-11)16-15(18)10-12-4-8-14(17)9-5-12/h2-9,17H,10H2,1H3,(H,16,18). The minimum absolute atomic E-state index is 0.0652. The van der Waals surface area contributed by atoms with Gasteiger partial charge < -0.3 is 10.4 Å². The van der Waals surface area contributed by atoms with E-state index in [1.54, 1.807) is 24.3 Å². The third-order valence-electron chi connectivity index (χ3n) is 2.64. The smallest absolute Gasteiger partial charge is 0.228 e. The van der Waals surface area contributed by atoms with Gasteiger partial charge >= 0.3 is 0 Å². The number of rotatable bonds is 3. The van der Waals surface area contributed by atoms with Gasteiger partial charge in [0.15, 0.2) is 0 Å². The summed E-state index contributed by atoms with van der Waals surface area (Å²) in [4.78, 5) is 11.8. The van der Waals surface area contributed by atoms with Crippen LogP contribution in [0, 0.1) is 6.92 Å². The molecule has 3 nitrogen and oxygen atoms in total. The van der Waals surface area contributed by atoms with E-state index < -0.39 is 0 Å². The van der Waals surface area contributed by atoms with E-state index in [9.17, 15) is 4.79 Å². The summed E-state index contributed by atoms with van der Waals surface area (Å²) in [5, 5.41) is 12.0. The van der Waals surface area contributed by atoms with Crippen LogP contribution in [0.3, 0.4) is 0 Å². The summed E-state index contributed by atoms with van der Waals surface area (Å²) in [6.07, 6.45) is 0.300. The molecule has 0 unspecified atom stereocenters. The highest BCUT2D eigenvalue weighted by Crippen LogP contribution is 2.12. The summed E-state index contributed by atoms with van der Waals surface area (Å²) in [5.74, 6) is 0.141. The molecule has 2 rings (SSSR count). The summed E-state index contributed by atoms with van der Waals surface area (Å²) >= 11 is 0. The largest absolute Gasteiger partial charge is 0.508 e. The van der Waals surface area contributed by atoms with Gasteiger partial charge in [-0.05, 0) is 36.8 Å². The van der Waals surface area contributed by atoms with Crippen molar-refractivity contribution < 1.29 is 9.90 Å². The lowest BCUT2D eigenvalue weighted by Crippen LogP contribution is -2.14. The first-order valence-corrected chi connectivity index (χ1v) is 5.78. The second-order valence-electron chi connectivity index (χ2n) is 4.26. The molecule has 3 heteroatoms. The van der Waals surface area contributed by atoms with Gasteiger partial charge in [-0.3, -0.25) is 4.79 Å². The number of carbonyl (C=O) groups excluding carboxylic acids is 1. The van der Waals surface area contributed by atoms with E-state index in [0.29, 0.717) is 6.42 Å². The number of anilines is 1. The van der Waals surface area contributed by atoms with Gasteiger partial charge in [0.1, 0.15) is 5.75 Å². The number of carbonyl (C=O) groups is 1. The minimum atomic E-state index is -0.0652. The van der Waals surface area contributed by atoms with Crippen molar-refractivity contribution in [2.24, 2.45) is 0 Å². The number of hydrogen-bond acceptors (Lipinski definition) is 2. The van der Waals surface area contributed by atoms with Crippen LogP contribution in [0.15, 0.2) is 48.5 Å². The molecule has 0 atom stereocenters. The summed E-state index contributed by atoms with van der Waals surface area (Å²) in [6, 6.07) is 14.3. The lowest BCUT2D eigenvalue weighted by Gasteiger charge is -2.05. The highest BCUT2D eigenvalue weighted by Gasteiger charge is 2.03. The van der Waals surface area contributed by atoms with Crippen molar-refractivity contribution in [3.8, 4) is 5.75 Å². The fraction of sp³-hybridized carbons (Fsp3) is 0.133. The van der Waals surface area contributed by atoms with E-state index in [-0.39, 0.29) is 11.7 Å². The molecule has 2 aromatic carbocycles. The van der Waals surface area contributed by atoms with E-state index in [1.165, 1.54) is 0 Å². The molecule has 0 saturated heterocycles. The zero-order chi connectivity index (χ0) is 13.0. The summed E-state index contributed by atoms with van der Waals surface area (Å²) in [7, 11) is 0. The Morgan fingerprint density at radius 1 is 1.06 bits per heavy atom. The molecule has 1 amide bonds. The number of nitrogens with one attached hydrogen (secondary N) is 1. The molecule has 0 spiro atoms. The molecule has 0 radical (unpaired) electrons. The molecular formula is C15H15NO2. The number of phenols is 1. The average Bonchev–Trinajstić information content (AvgIpc) is 2.35. The van der Waals surface area contributed by atoms with E-state index >= 15 is 0 Å². The van der Waals surface area contributed by atoms with Crippen LogP contribution in [0.1, 0.15) is 11.1 Å². The normalized spacial score (nSPS) is 10.1. The molecule has 0 aromatic heterocycles. The van der Waals surface area contributed by atoms with Crippen molar-refractivity contribution in [2.75, 3.05) is 5.32 Å². The van der Waals surface area contributed by atoms with E-state index in [0.717, 1.165) is 16.8 Å². The van der Waals surface area contributed by atoms with Crippen molar-refractivity contribution >= 4 is 11.6 Å². The highest BCUT2D eigenvalue weighted by atomic mass is 16.3. The quantitative estimate of drug-likeness (QED) is 0.868. The Labute approximate surface area is 106 Å². The summed E-state index contributed by atoms with van der Waals surface area (Å²) in [5.41, 5.74) is 2.83. The first kappa shape index (κ1) is 12.2. The number of aryl methyl sites for hydroxylation is 1. The lowest BCUT2D eigenvalue weighted by atomic mass is 10.1. The molecule has 0 aliphatic heterocycles. The zero-order valence-corrected chi connectivity index (χ0v) is 10.2. The van der Waals surface area contributed by atoms with Gasteiger partial charge in [-0.25, -0.2) is 0 Å². The molecular weight excluding hydrogens is 226 g/mol. The van der Waals surface area contributed by atoms with Crippen LogP contribution in [-0.2, 0) is 11.2 Å². The molecule has 0 saturated carbocycles. The Hall–Kier alpha value is -2.29. The van der Waals surface area contributed by atoms with E-state index in [1.807, 2.05) is 31.2 Å². The topological polar surface area (TPSA) is 49.3 Å². The first-order valence-electron chi connectivity index (χ1n) is 5.78. The van der Waals surface area contributed by atoms with Crippen molar-refractivity contribution in [2.45, 2.75) is 13.3 Å². The first-order chi connectivity index (χ1) is 8.63. The average molecular weight is 241 g/mol. The number of hydrogen-bond donors (Lipinski definition) is 2. The molecule has 2 aromatic rings. The van der Waals surface area contributed by atoms with Crippen LogP contribution in [-0.4, -0.2) is 11.0 Å². The van der Waals surface area contributed by atoms with Gasteiger partial charge in [-0.15, -0.1) is 0 Å². The number of benzene rings is 2. The highest BCUT2D eigenvalue weighted by molar-refractivity contribution is 5.92. The fourth-order valence-electron chi connectivity index (χ4n) is 1.64. The summed E-state index contributed by atoms with van der Waals surface area (Å²) in [6.45, 7) is 2.00. The van der Waals surface area contributed by atoms with Gasteiger partial charge in [0.25, 0.3) is 0 Å². The Bertz CT molecular complexity index is 480. The van der Waals surface area contributed by atoms with Gasteiger partial charge in [0.05, 0.1) is 6.42 Å². The van der Waals surface area contributed by atoms with Gasteiger partial charge in [0, 0.05) is 5.69 Å². The van der Waals surface area contributed by atoms with Crippen molar-refractivity contribution in [3.63, 3.8) is 0 Å². The maximum absolute atomic E-state index is 11.8. The zero-order valence-electron chi connectivity index (χ0n) is 10.2.